The predicted octanol–water partition coefficient (Wildman–Crippen LogP) is 4.20. The SMILES string of the molecule is CCCCCc1nc(COC)sc1Cc1ccc(N)cc1. The zero-order valence-corrected chi connectivity index (χ0v) is 13.7. The summed E-state index contributed by atoms with van der Waals surface area (Å²) in [5, 5.41) is 1.08. The van der Waals surface area contributed by atoms with Gasteiger partial charge in [-0.25, -0.2) is 4.98 Å². The number of benzene rings is 1. The van der Waals surface area contributed by atoms with Crippen molar-refractivity contribution in [3.8, 4) is 0 Å². The lowest BCUT2D eigenvalue weighted by atomic mass is 10.1. The van der Waals surface area contributed by atoms with Gasteiger partial charge >= 0.3 is 0 Å². The fraction of sp³-hybridized carbons (Fsp3) is 0.471. The molecule has 21 heavy (non-hydrogen) atoms. The lowest BCUT2D eigenvalue weighted by molar-refractivity contribution is 0.184. The first-order valence-electron chi connectivity index (χ1n) is 7.53. The second-order valence-corrected chi connectivity index (χ2v) is 6.45. The Hall–Kier alpha value is -1.39. The largest absolute Gasteiger partial charge is 0.399 e. The van der Waals surface area contributed by atoms with Crippen LogP contribution in [0.25, 0.3) is 0 Å². The summed E-state index contributed by atoms with van der Waals surface area (Å²) in [6, 6.07) is 8.12. The average molecular weight is 304 g/mol. The highest BCUT2D eigenvalue weighted by Crippen LogP contribution is 2.24. The van der Waals surface area contributed by atoms with E-state index < -0.39 is 0 Å². The number of rotatable bonds is 8. The minimum absolute atomic E-state index is 0.604. The highest BCUT2D eigenvalue weighted by molar-refractivity contribution is 7.11. The summed E-state index contributed by atoms with van der Waals surface area (Å²) in [5.74, 6) is 0. The summed E-state index contributed by atoms with van der Waals surface area (Å²) in [6.07, 6.45) is 5.71. The number of hydrogen-bond acceptors (Lipinski definition) is 4. The van der Waals surface area contributed by atoms with Gasteiger partial charge in [0.05, 0.1) is 12.3 Å². The topological polar surface area (TPSA) is 48.1 Å². The summed E-state index contributed by atoms with van der Waals surface area (Å²) in [4.78, 5) is 6.12. The number of methoxy groups -OCH3 is 1. The van der Waals surface area contributed by atoms with E-state index >= 15 is 0 Å². The van der Waals surface area contributed by atoms with Gasteiger partial charge in [-0.3, -0.25) is 0 Å². The van der Waals surface area contributed by atoms with Gasteiger partial charge in [-0.15, -0.1) is 11.3 Å². The molecule has 0 saturated carbocycles. The first-order chi connectivity index (χ1) is 10.2. The Labute approximate surface area is 131 Å². The van der Waals surface area contributed by atoms with Crippen LogP contribution in [-0.2, 0) is 24.2 Å². The third-order valence-corrected chi connectivity index (χ3v) is 4.52. The number of thiazole rings is 1. The molecule has 4 heteroatoms. The van der Waals surface area contributed by atoms with Gasteiger partial charge < -0.3 is 10.5 Å². The molecular formula is C17H24N2OS. The summed E-state index contributed by atoms with van der Waals surface area (Å²) < 4.78 is 5.22. The molecule has 0 radical (unpaired) electrons. The molecule has 0 aliphatic heterocycles. The van der Waals surface area contributed by atoms with Crippen LogP contribution in [0.4, 0.5) is 5.69 Å². The van der Waals surface area contributed by atoms with Gasteiger partial charge in [-0.05, 0) is 30.5 Å². The molecule has 0 saturated heterocycles. The Balaban J connectivity index is 2.12. The summed E-state index contributed by atoms with van der Waals surface area (Å²) in [5.41, 5.74) is 9.09. The van der Waals surface area contributed by atoms with Crippen molar-refractivity contribution >= 4 is 17.0 Å². The Morgan fingerprint density at radius 1 is 1.19 bits per heavy atom. The van der Waals surface area contributed by atoms with Crippen LogP contribution in [0.15, 0.2) is 24.3 Å². The van der Waals surface area contributed by atoms with Crippen molar-refractivity contribution in [2.75, 3.05) is 12.8 Å². The molecule has 0 amide bonds. The van der Waals surface area contributed by atoms with Gasteiger partial charge in [0, 0.05) is 24.1 Å². The summed E-state index contributed by atoms with van der Waals surface area (Å²) in [7, 11) is 1.72. The van der Waals surface area contributed by atoms with Gasteiger partial charge in [0.15, 0.2) is 0 Å². The van der Waals surface area contributed by atoms with Crippen LogP contribution in [0, 0.1) is 0 Å². The van der Waals surface area contributed by atoms with Gasteiger partial charge in [-0.1, -0.05) is 31.9 Å². The number of unbranched alkanes of at least 4 members (excludes halogenated alkanes) is 2. The fourth-order valence-corrected chi connectivity index (χ4v) is 3.44. The minimum atomic E-state index is 0.604. The standard InChI is InChI=1S/C17H24N2OS/c1-3-4-5-6-15-16(21-17(19-15)12-20-2)11-13-7-9-14(18)10-8-13/h7-10H,3-6,11-12,18H2,1-2H3. The molecule has 0 bridgehead atoms. The maximum absolute atomic E-state index is 5.75. The number of nitrogens with two attached hydrogens (primary N) is 1. The molecular weight excluding hydrogens is 280 g/mol. The third kappa shape index (κ3) is 4.83. The molecule has 1 aromatic carbocycles. The molecule has 1 aromatic heterocycles. The second kappa shape index (κ2) is 8.15. The van der Waals surface area contributed by atoms with Crippen LogP contribution >= 0.6 is 11.3 Å². The van der Waals surface area contributed by atoms with Crippen molar-refractivity contribution in [3.05, 3.63) is 45.4 Å². The van der Waals surface area contributed by atoms with Gasteiger partial charge in [0.1, 0.15) is 5.01 Å². The van der Waals surface area contributed by atoms with E-state index in [4.69, 9.17) is 15.5 Å². The minimum Gasteiger partial charge on any atom is -0.399 e. The number of anilines is 1. The van der Waals surface area contributed by atoms with E-state index in [0.29, 0.717) is 6.61 Å². The maximum atomic E-state index is 5.75. The van der Waals surface area contributed by atoms with Crippen LogP contribution in [0.2, 0.25) is 0 Å². The van der Waals surface area contributed by atoms with E-state index in [0.717, 1.165) is 23.5 Å². The van der Waals surface area contributed by atoms with Gasteiger partial charge in [-0.2, -0.15) is 0 Å². The van der Waals surface area contributed by atoms with Crippen molar-refractivity contribution in [3.63, 3.8) is 0 Å². The lowest BCUT2D eigenvalue weighted by Crippen LogP contribution is -1.94. The maximum Gasteiger partial charge on any atom is 0.119 e. The van der Waals surface area contributed by atoms with Crippen LogP contribution in [0.1, 0.15) is 47.3 Å². The number of nitrogen functional groups attached to an aromatic ring is 1. The van der Waals surface area contributed by atoms with Gasteiger partial charge in [0.25, 0.3) is 0 Å². The molecule has 0 aliphatic rings. The number of hydrogen-bond donors (Lipinski definition) is 1. The number of nitrogens with zero attached hydrogens (tertiary/aromatic N) is 1. The fourth-order valence-electron chi connectivity index (χ4n) is 2.32. The lowest BCUT2D eigenvalue weighted by Gasteiger charge is -2.03. The van der Waals surface area contributed by atoms with Crippen molar-refractivity contribution in [2.45, 2.75) is 45.6 Å². The van der Waals surface area contributed by atoms with E-state index in [1.807, 2.05) is 12.1 Å². The number of aromatic nitrogens is 1. The van der Waals surface area contributed by atoms with E-state index in [-0.39, 0.29) is 0 Å². The van der Waals surface area contributed by atoms with E-state index in [2.05, 4.69) is 19.1 Å². The Morgan fingerprint density at radius 3 is 2.62 bits per heavy atom. The predicted molar refractivity (Wildman–Crippen MR) is 89.7 cm³/mol. The average Bonchev–Trinajstić information content (AvgIpc) is 2.84. The molecule has 3 nitrogen and oxygen atoms in total. The molecule has 0 aliphatic carbocycles. The van der Waals surface area contributed by atoms with Crippen molar-refractivity contribution < 1.29 is 4.74 Å². The third-order valence-electron chi connectivity index (χ3n) is 3.45. The molecule has 1 heterocycles. The monoisotopic (exact) mass is 304 g/mol. The first-order valence-corrected chi connectivity index (χ1v) is 8.35. The van der Waals surface area contributed by atoms with Crippen molar-refractivity contribution in [2.24, 2.45) is 0 Å². The van der Waals surface area contributed by atoms with E-state index in [1.54, 1.807) is 18.4 Å². The van der Waals surface area contributed by atoms with E-state index in [1.165, 1.54) is 35.4 Å². The molecule has 0 fully saturated rings. The second-order valence-electron chi connectivity index (χ2n) is 5.29. The highest BCUT2D eigenvalue weighted by atomic mass is 32.1. The van der Waals surface area contributed by atoms with E-state index in [9.17, 15) is 0 Å². The van der Waals surface area contributed by atoms with Gasteiger partial charge in [0.2, 0.25) is 0 Å². The molecule has 0 spiro atoms. The van der Waals surface area contributed by atoms with Crippen LogP contribution in [0.5, 0.6) is 0 Å². The first kappa shape index (κ1) is 16.0. The molecule has 2 aromatic rings. The van der Waals surface area contributed by atoms with Crippen LogP contribution in [-0.4, -0.2) is 12.1 Å². The zero-order chi connectivity index (χ0) is 15.1. The molecule has 2 N–H and O–H groups in total. The quantitative estimate of drug-likeness (QED) is 0.587. The zero-order valence-electron chi connectivity index (χ0n) is 12.9. The van der Waals surface area contributed by atoms with Crippen LogP contribution < -0.4 is 5.73 Å². The molecule has 2 rings (SSSR count). The Morgan fingerprint density at radius 2 is 1.95 bits per heavy atom. The van der Waals surface area contributed by atoms with Crippen molar-refractivity contribution in [1.82, 2.24) is 4.98 Å². The Kier molecular flexibility index (Phi) is 6.21. The smallest absolute Gasteiger partial charge is 0.119 e. The Bertz CT molecular complexity index is 548. The normalized spacial score (nSPS) is 11.0. The number of ether oxygens (including phenoxy) is 1. The summed E-state index contributed by atoms with van der Waals surface area (Å²) in [6.45, 7) is 2.83. The molecule has 0 atom stereocenters. The number of aryl methyl sites for hydroxylation is 1. The van der Waals surface area contributed by atoms with Crippen molar-refractivity contribution in [1.29, 1.82) is 0 Å². The van der Waals surface area contributed by atoms with Crippen LogP contribution in [0.3, 0.4) is 0 Å². The molecule has 114 valence electrons. The summed E-state index contributed by atoms with van der Waals surface area (Å²) >= 11 is 1.77. The highest BCUT2D eigenvalue weighted by Gasteiger charge is 2.11. The molecule has 0 unspecified atom stereocenters.